The van der Waals surface area contributed by atoms with Crippen LogP contribution in [0.2, 0.25) is 0 Å². The molecule has 8 heteroatoms. The summed E-state index contributed by atoms with van der Waals surface area (Å²) in [5.74, 6) is 0. The first-order chi connectivity index (χ1) is 4.24. The second-order valence-corrected chi connectivity index (χ2v) is 44.4. The molecule has 0 aromatic heterocycles. The number of halogens is 5. The molecule has 0 aromatic rings. The Kier molecular flexibility index (Phi) is 7.23. The predicted molar refractivity (Wildman–Crippen MR) is 61.9 cm³/mol. The van der Waals surface area contributed by atoms with Gasteiger partial charge in [-0.3, -0.25) is 4.89 Å². The Morgan fingerprint density at radius 2 is 0.909 bits per heavy atom. The van der Waals surface area contributed by atoms with Crippen LogP contribution < -0.4 is 0 Å². The second-order valence-electron chi connectivity index (χ2n) is 2.58. The maximum atomic E-state index is 8.63. The zero-order valence-electron chi connectivity index (χ0n) is 6.23. The molecule has 0 bridgehead atoms. The molecule has 0 aliphatic heterocycles. The van der Waals surface area contributed by atoms with Crippen LogP contribution in [0, 0.1) is 0 Å². The first-order valence-corrected chi connectivity index (χ1v) is 21.6. The van der Waals surface area contributed by atoms with Crippen molar-refractivity contribution in [2.45, 2.75) is 0 Å². The third-order valence-corrected chi connectivity index (χ3v) is 0. The molecule has 0 aliphatic rings. The van der Waals surface area contributed by atoms with Crippen molar-refractivity contribution >= 4 is 63.3 Å². The molecule has 0 unspecified atom stereocenters. The molecule has 0 atom stereocenters. The Morgan fingerprint density at radius 1 is 0.909 bits per heavy atom. The van der Waals surface area contributed by atoms with Crippen LogP contribution in [0.3, 0.4) is 0 Å². The van der Waals surface area contributed by atoms with Crippen LogP contribution in [0.1, 0.15) is 0 Å². The summed E-state index contributed by atoms with van der Waals surface area (Å²) in [4.78, 5) is 8.63. The number of hydrogen-bond acceptors (Lipinski definition) is 1. The summed E-state index contributed by atoms with van der Waals surface area (Å²) in [6, 6.07) is 0. The Labute approximate surface area is 87.1 Å². The van der Waals surface area contributed by atoms with E-state index < -0.39 is 19.2 Å². The fraction of sp³-hybridized carbons (Fsp3) is 1.00. The zero-order valence-corrected chi connectivity index (χ0v) is 13.5. The fourth-order valence-corrected chi connectivity index (χ4v) is 0. The molecule has 0 aliphatic carbocycles. The summed E-state index contributed by atoms with van der Waals surface area (Å²) in [6.45, 7) is 5.56. The van der Waals surface area contributed by atoms with E-state index >= 15 is 0 Å². The van der Waals surface area contributed by atoms with Gasteiger partial charge in [0.05, 0.1) is 20.0 Å². The van der Waals surface area contributed by atoms with Crippen molar-refractivity contribution < 1.29 is 4.89 Å². The topological polar surface area (TPSA) is 20.2 Å². The van der Waals surface area contributed by atoms with E-state index in [1.54, 1.807) is 0 Å². The van der Waals surface area contributed by atoms with E-state index in [4.69, 9.17) is 49.0 Å². The van der Waals surface area contributed by atoms with Crippen molar-refractivity contribution in [2.75, 3.05) is 20.0 Å². The van der Waals surface area contributed by atoms with Crippen LogP contribution in [0.25, 0.3) is 0 Å². The molecule has 0 fully saturated rings. The van der Waals surface area contributed by atoms with E-state index in [9.17, 15) is 0 Å². The molecule has 1 N–H and O–H groups in total. The zero-order chi connectivity index (χ0) is 9.95. The van der Waals surface area contributed by atoms with Crippen LogP contribution in [0.4, 0.5) is 0 Å². The van der Waals surface area contributed by atoms with Gasteiger partial charge in [0.2, 0.25) is 0 Å². The van der Waals surface area contributed by atoms with Crippen molar-refractivity contribution in [3.63, 3.8) is 0 Å². The first kappa shape index (κ1) is 16.1. The molecule has 0 aromatic carbocycles. The minimum atomic E-state index is -4.33. The molecule has 0 saturated carbocycles. The molecule has 72 valence electrons. The Morgan fingerprint density at radius 3 is 0.909 bits per heavy atom. The molecular weight excluding hydrogens is 382 g/mol. The van der Waals surface area contributed by atoms with Crippen LogP contribution in [0.15, 0.2) is 0 Å². The van der Waals surface area contributed by atoms with Crippen LogP contribution >= 0.6 is 51.6 Å². The molecule has 0 radical (unpaired) electrons. The van der Waals surface area contributed by atoms with Crippen molar-refractivity contribution in [1.29, 1.82) is 0 Å². The van der Waals surface area contributed by atoms with Crippen molar-refractivity contribution in [3.05, 3.63) is 0 Å². The van der Waals surface area contributed by atoms with Gasteiger partial charge >= 0.3 is 55.8 Å². The molecule has 0 amide bonds. The van der Waals surface area contributed by atoms with Gasteiger partial charge in [-0.15, -0.1) is 0 Å². The van der Waals surface area contributed by atoms with E-state index in [2.05, 4.69) is 0 Å². The van der Waals surface area contributed by atoms with Crippen molar-refractivity contribution in [2.24, 2.45) is 0 Å². The summed E-state index contributed by atoms with van der Waals surface area (Å²) < 4.78 is 0. The van der Waals surface area contributed by atoms with Crippen molar-refractivity contribution in [3.8, 4) is 0 Å². The van der Waals surface area contributed by atoms with Crippen LogP contribution in [0.5, 0.6) is 0 Å². The number of hydrogen-bond donors (Lipinski definition) is 1. The van der Waals surface area contributed by atoms with Gasteiger partial charge in [0.1, 0.15) is 7.49 Å². The average Bonchev–Trinajstić information content (AvgIpc) is 1.07. The molecule has 1 nitrogen and oxygen atoms in total. The molecule has 0 saturated heterocycles. The summed E-state index contributed by atoms with van der Waals surface area (Å²) >= 11 is -4.33. The quantitative estimate of drug-likeness (QED) is 0.491. The van der Waals surface area contributed by atoms with E-state index in [-0.39, 0.29) is 0 Å². The average molecular weight is 392 g/mol. The third-order valence-electron chi connectivity index (χ3n) is 0. The first-order valence-electron chi connectivity index (χ1n) is 2.39. The van der Waals surface area contributed by atoms with Gasteiger partial charge in [0, 0.05) is 0 Å². The normalized spacial score (nSPS) is 15.9. The molecule has 0 spiro atoms. The van der Waals surface area contributed by atoms with E-state index in [0.29, 0.717) is 0 Å². The van der Waals surface area contributed by atoms with E-state index in [0.717, 1.165) is 0 Å². The van der Waals surface area contributed by atoms with Crippen LogP contribution in [-0.4, -0.2) is 36.6 Å². The second kappa shape index (κ2) is 4.94. The predicted octanol–water partition coefficient (Wildman–Crippen LogP) is 3.87. The Bertz CT molecular complexity index is 101. The monoisotopic (exact) mass is 389 g/mol. The molecular formula is C3H10Cl5OPSb+. The fourth-order valence-electron chi connectivity index (χ4n) is 0. The van der Waals surface area contributed by atoms with E-state index in [1.165, 1.54) is 0 Å². The van der Waals surface area contributed by atoms with Gasteiger partial charge in [0.15, 0.2) is 0 Å². The standard InChI is InChI=1S/C3H10OP.5ClH.Sb/c1-5(2,3)4;;;;;;/h4H,1-3H3;5*1H;/q+1;;;;;;+5/p-5. The summed E-state index contributed by atoms with van der Waals surface area (Å²) in [6.07, 6.45) is 0. The van der Waals surface area contributed by atoms with Gasteiger partial charge in [-0.1, -0.05) is 0 Å². The molecule has 0 heterocycles. The van der Waals surface area contributed by atoms with Gasteiger partial charge in [-0.2, -0.15) is 0 Å². The SMILES string of the molecule is C[P+](C)(C)O.[Cl][Sb]([Cl])([Cl])([Cl])[Cl]. The summed E-state index contributed by atoms with van der Waals surface area (Å²) in [5, 5.41) is 0. The third kappa shape index (κ3) is 204. The van der Waals surface area contributed by atoms with Gasteiger partial charge in [-0.05, 0) is 0 Å². The Balaban J connectivity index is 0. The van der Waals surface area contributed by atoms with Crippen LogP contribution in [-0.2, 0) is 0 Å². The van der Waals surface area contributed by atoms with Gasteiger partial charge in [-0.25, -0.2) is 0 Å². The molecule has 0 rings (SSSR count). The minimum absolute atomic E-state index is 1.39. The van der Waals surface area contributed by atoms with Gasteiger partial charge < -0.3 is 0 Å². The molecule has 11 heavy (non-hydrogen) atoms. The van der Waals surface area contributed by atoms with Crippen molar-refractivity contribution in [1.82, 2.24) is 0 Å². The number of rotatable bonds is 0. The maximum absolute atomic E-state index is 8.63. The van der Waals surface area contributed by atoms with Gasteiger partial charge in [0.25, 0.3) is 0 Å². The summed E-state index contributed by atoms with van der Waals surface area (Å²) in [5.41, 5.74) is 0. The van der Waals surface area contributed by atoms with E-state index in [1.807, 2.05) is 20.0 Å². The summed E-state index contributed by atoms with van der Waals surface area (Å²) in [7, 11) is 23.9. The Hall–Kier alpha value is 2.66.